The molecule has 0 radical (unpaired) electrons. The fraction of sp³-hybridized carbons (Fsp3) is 0.467. The van der Waals surface area contributed by atoms with E-state index in [4.69, 9.17) is 0 Å². The van der Waals surface area contributed by atoms with Crippen LogP contribution < -0.4 is 10.9 Å². The molecule has 4 nitrogen and oxygen atoms in total. The van der Waals surface area contributed by atoms with E-state index in [9.17, 15) is 4.79 Å². The van der Waals surface area contributed by atoms with E-state index in [1.54, 1.807) is 0 Å². The van der Waals surface area contributed by atoms with E-state index in [0.29, 0.717) is 12.0 Å². The first-order valence-electron chi connectivity index (χ1n) is 7.23. The predicted octanol–water partition coefficient (Wildman–Crippen LogP) is 3.53. The molecule has 20 heavy (non-hydrogen) atoms. The largest absolute Gasteiger partial charge is 0.380 e. The predicted molar refractivity (Wildman–Crippen MR) is 83.3 cm³/mol. The molecule has 2 atom stereocenters. The van der Waals surface area contributed by atoms with Gasteiger partial charge in [-0.1, -0.05) is 19.3 Å². The molecule has 104 valence electrons. The van der Waals surface area contributed by atoms with Crippen molar-refractivity contribution in [3.05, 3.63) is 32.7 Å². The molecule has 0 bridgehead atoms. The summed E-state index contributed by atoms with van der Waals surface area (Å²) in [7, 11) is 0. The van der Waals surface area contributed by atoms with Crippen molar-refractivity contribution in [1.82, 2.24) is 10.2 Å². The van der Waals surface area contributed by atoms with Crippen molar-refractivity contribution >= 4 is 32.4 Å². The van der Waals surface area contributed by atoms with Crippen molar-refractivity contribution in [2.24, 2.45) is 0 Å². The van der Waals surface area contributed by atoms with Gasteiger partial charge in [0.25, 0.3) is 5.56 Å². The van der Waals surface area contributed by atoms with Gasteiger partial charge in [0.05, 0.1) is 16.8 Å². The third-order valence-electron chi connectivity index (χ3n) is 4.63. The molecule has 0 spiro atoms. The Morgan fingerprint density at radius 2 is 2.05 bits per heavy atom. The van der Waals surface area contributed by atoms with Crippen LogP contribution in [0.4, 0.5) is 5.69 Å². The summed E-state index contributed by atoms with van der Waals surface area (Å²) in [5.41, 5.74) is 2.01. The number of H-pyrrole nitrogens is 1. The maximum atomic E-state index is 12.0. The van der Waals surface area contributed by atoms with Gasteiger partial charge in [0, 0.05) is 21.8 Å². The van der Waals surface area contributed by atoms with Crippen LogP contribution >= 0.6 is 15.9 Å². The molecule has 1 aromatic heterocycles. The van der Waals surface area contributed by atoms with E-state index >= 15 is 0 Å². The molecular weight excluding hydrogens is 318 g/mol. The number of hydrogen-bond acceptors (Lipinski definition) is 3. The number of rotatable bonds is 0. The van der Waals surface area contributed by atoms with Gasteiger partial charge in [-0.15, -0.1) is 0 Å². The summed E-state index contributed by atoms with van der Waals surface area (Å²) in [6.45, 7) is 0. The fourth-order valence-corrected chi connectivity index (χ4v) is 4.11. The van der Waals surface area contributed by atoms with E-state index < -0.39 is 0 Å². The number of anilines is 1. The van der Waals surface area contributed by atoms with Crippen LogP contribution in [0.2, 0.25) is 0 Å². The van der Waals surface area contributed by atoms with Crippen molar-refractivity contribution < 1.29 is 0 Å². The molecule has 2 N–H and O–H groups in total. The Morgan fingerprint density at radius 3 is 2.95 bits per heavy atom. The minimum Gasteiger partial charge on any atom is -0.380 e. The highest BCUT2D eigenvalue weighted by atomic mass is 79.9. The summed E-state index contributed by atoms with van der Waals surface area (Å²) in [4.78, 5) is 12.0. The Balaban J connectivity index is 2.03. The van der Waals surface area contributed by atoms with E-state index in [0.717, 1.165) is 33.0 Å². The number of halogens is 1. The molecule has 2 aliphatic rings. The van der Waals surface area contributed by atoms with Gasteiger partial charge in [-0.2, -0.15) is 5.10 Å². The molecule has 1 saturated carbocycles. The molecule has 1 aliphatic heterocycles. The molecular formula is C15H16BrN3O. The normalized spacial score (nSPS) is 24.9. The van der Waals surface area contributed by atoms with Gasteiger partial charge in [-0.3, -0.25) is 4.79 Å². The smallest absolute Gasteiger partial charge is 0.272 e. The second-order valence-electron chi connectivity index (χ2n) is 5.78. The van der Waals surface area contributed by atoms with E-state index in [-0.39, 0.29) is 5.56 Å². The Morgan fingerprint density at radius 1 is 1.20 bits per heavy atom. The minimum atomic E-state index is -0.105. The van der Waals surface area contributed by atoms with Gasteiger partial charge in [-0.05, 0) is 40.9 Å². The molecule has 4 rings (SSSR count). The first kappa shape index (κ1) is 12.4. The van der Waals surface area contributed by atoms with Crippen LogP contribution in [0.1, 0.15) is 43.7 Å². The van der Waals surface area contributed by atoms with Crippen LogP contribution in [0, 0.1) is 0 Å². The van der Waals surface area contributed by atoms with Crippen LogP contribution in [-0.4, -0.2) is 16.2 Å². The standard InChI is InChI=1S/C15H16BrN3O/c16-10-7-6-9-12-13(18-19-15(9)20)8-4-2-1-3-5-11(8)17-14(10)12/h6-8,11,17H,1-5H2,(H,19,20). The van der Waals surface area contributed by atoms with Gasteiger partial charge in [-0.25, -0.2) is 5.10 Å². The number of aromatic nitrogens is 2. The maximum Gasteiger partial charge on any atom is 0.272 e. The number of aromatic amines is 1. The van der Waals surface area contributed by atoms with Crippen LogP contribution in [0.5, 0.6) is 0 Å². The SMILES string of the molecule is O=c1[nH]nc2c3c(c(Br)ccc13)NC1CCCCCC21. The van der Waals surface area contributed by atoms with E-state index in [1.165, 1.54) is 25.7 Å². The number of hydrogen-bond donors (Lipinski definition) is 2. The van der Waals surface area contributed by atoms with Crippen molar-refractivity contribution in [2.75, 3.05) is 5.32 Å². The van der Waals surface area contributed by atoms with Crippen LogP contribution in [0.25, 0.3) is 10.8 Å². The summed E-state index contributed by atoms with van der Waals surface area (Å²) < 4.78 is 1.02. The minimum absolute atomic E-state index is 0.105. The third-order valence-corrected chi connectivity index (χ3v) is 5.29. The topological polar surface area (TPSA) is 57.8 Å². The monoisotopic (exact) mass is 333 g/mol. The molecule has 0 amide bonds. The van der Waals surface area contributed by atoms with E-state index in [1.807, 2.05) is 12.1 Å². The molecule has 2 heterocycles. The molecule has 2 aromatic rings. The summed E-state index contributed by atoms with van der Waals surface area (Å²) in [5, 5.41) is 12.5. The highest BCUT2D eigenvalue weighted by Gasteiger charge is 2.33. The lowest BCUT2D eigenvalue weighted by atomic mass is 9.85. The van der Waals surface area contributed by atoms with Gasteiger partial charge >= 0.3 is 0 Å². The summed E-state index contributed by atoms with van der Waals surface area (Å²) in [6.07, 6.45) is 6.12. The highest BCUT2D eigenvalue weighted by molar-refractivity contribution is 9.10. The lowest BCUT2D eigenvalue weighted by Crippen LogP contribution is -2.32. The molecule has 5 heteroatoms. The zero-order valence-electron chi connectivity index (χ0n) is 11.1. The average molecular weight is 334 g/mol. The zero-order valence-corrected chi connectivity index (χ0v) is 12.7. The number of nitrogens with one attached hydrogen (secondary N) is 2. The summed E-state index contributed by atoms with van der Waals surface area (Å²) in [6, 6.07) is 4.26. The number of nitrogens with zero attached hydrogens (tertiary/aromatic N) is 1. The molecule has 2 unspecified atom stereocenters. The van der Waals surface area contributed by atoms with Gasteiger partial charge in [0.2, 0.25) is 0 Å². The Bertz CT molecular complexity index is 740. The van der Waals surface area contributed by atoms with Crippen molar-refractivity contribution in [2.45, 2.75) is 44.1 Å². The van der Waals surface area contributed by atoms with E-state index in [2.05, 4.69) is 31.4 Å². The maximum absolute atomic E-state index is 12.0. The second kappa shape index (κ2) is 4.58. The number of fused-ring (bicyclic) bond motifs is 2. The molecule has 0 saturated heterocycles. The van der Waals surface area contributed by atoms with Crippen LogP contribution in [-0.2, 0) is 0 Å². The van der Waals surface area contributed by atoms with Crippen LogP contribution in [0.3, 0.4) is 0 Å². The summed E-state index contributed by atoms with van der Waals surface area (Å²) >= 11 is 3.60. The van der Waals surface area contributed by atoms with Crippen molar-refractivity contribution in [1.29, 1.82) is 0 Å². The first-order valence-corrected chi connectivity index (χ1v) is 8.02. The van der Waals surface area contributed by atoms with Gasteiger partial charge in [0.1, 0.15) is 0 Å². The Labute approximate surface area is 125 Å². The Hall–Kier alpha value is -1.36. The zero-order chi connectivity index (χ0) is 13.7. The molecule has 1 aromatic carbocycles. The van der Waals surface area contributed by atoms with Crippen molar-refractivity contribution in [3.63, 3.8) is 0 Å². The third kappa shape index (κ3) is 1.72. The van der Waals surface area contributed by atoms with Crippen LogP contribution in [0.15, 0.2) is 21.4 Å². The quantitative estimate of drug-likeness (QED) is 0.775. The second-order valence-corrected chi connectivity index (χ2v) is 6.63. The Kier molecular flexibility index (Phi) is 2.84. The highest BCUT2D eigenvalue weighted by Crippen LogP contribution is 2.44. The molecule has 1 aliphatic carbocycles. The first-order chi connectivity index (χ1) is 9.75. The van der Waals surface area contributed by atoms with Crippen molar-refractivity contribution in [3.8, 4) is 0 Å². The van der Waals surface area contributed by atoms with Gasteiger partial charge < -0.3 is 5.32 Å². The average Bonchev–Trinajstić information content (AvgIpc) is 2.69. The van der Waals surface area contributed by atoms with Gasteiger partial charge in [0.15, 0.2) is 0 Å². The lowest BCUT2D eigenvalue weighted by molar-refractivity contribution is 0.514. The molecule has 1 fully saturated rings. The number of benzene rings is 1. The summed E-state index contributed by atoms with van der Waals surface area (Å²) in [5.74, 6) is 0.415. The fourth-order valence-electron chi connectivity index (χ4n) is 3.66. The lowest BCUT2D eigenvalue weighted by Gasteiger charge is -2.33.